The van der Waals surface area contributed by atoms with E-state index in [2.05, 4.69) is 20.6 Å². The van der Waals surface area contributed by atoms with Crippen molar-refractivity contribution < 1.29 is 19.1 Å². The van der Waals surface area contributed by atoms with E-state index in [0.29, 0.717) is 30.4 Å². The van der Waals surface area contributed by atoms with Crippen LogP contribution in [-0.4, -0.2) is 58.4 Å². The van der Waals surface area contributed by atoms with Crippen LogP contribution in [0.25, 0.3) is 17.0 Å². The Hall–Kier alpha value is -4.47. The van der Waals surface area contributed by atoms with Gasteiger partial charge in [-0.15, -0.1) is 15.3 Å². The van der Waals surface area contributed by atoms with Gasteiger partial charge in [-0.3, -0.25) is 9.59 Å². The van der Waals surface area contributed by atoms with Gasteiger partial charge in [-0.05, 0) is 49.4 Å². The maximum absolute atomic E-state index is 12.6. The summed E-state index contributed by atoms with van der Waals surface area (Å²) in [6.45, 7) is 2.89. The highest BCUT2D eigenvalue weighted by atomic mass is 16.5. The molecule has 2 aromatic heterocycles. The molecule has 1 atom stereocenters. The van der Waals surface area contributed by atoms with Crippen molar-refractivity contribution in [1.29, 1.82) is 0 Å². The van der Waals surface area contributed by atoms with Crippen LogP contribution in [0, 0.1) is 12.8 Å². The molecule has 0 radical (unpaired) electrons. The van der Waals surface area contributed by atoms with Crippen LogP contribution in [0.1, 0.15) is 12.0 Å². The number of benzene rings is 2. The molecule has 10 nitrogen and oxygen atoms in total. The molecular formula is C26H26N6O4. The highest BCUT2D eigenvalue weighted by molar-refractivity contribution is 6.00. The molecule has 10 heteroatoms. The molecule has 1 N–H and O–H groups in total. The first-order valence-corrected chi connectivity index (χ1v) is 11.7. The number of nitrogens with one attached hydrogen (secondary N) is 1. The second-order valence-electron chi connectivity index (χ2n) is 8.57. The molecule has 2 aromatic carbocycles. The van der Waals surface area contributed by atoms with Crippen molar-refractivity contribution in [3.63, 3.8) is 0 Å². The van der Waals surface area contributed by atoms with E-state index in [-0.39, 0.29) is 24.8 Å². The maximum atomic E-state index is 12.6. The van der Waals surface area contributed by atoms with Crippen molar-refractivity contribution >= 4 is 23.1 Å². The fraction of sp³-hybridized carbons (Fsp3) is 0.269. The minimum atomic E-state index is -0.391. The number of ether oxygens (including phenoxy) is 2. The summed E-state index contributed by atoms with van der Waals surface area (Å²) in [6.07, 6.45) is 0.195. The molecule has 0 aliphatic carbocycles. The lowest BCUT2D eigenvalue weighted by molar-refractivity contribution is -0.126. The first-order valence-electron chi connectivity index (χ1n) is 11.7. The highest BCUT2D eigenvalue weighted by Crippen LogP contribution is 2.25. The molecular weight excluding hydrogens is 460 g/mol. The number of carbonyl (C=O) groups excluding carboxylic acids is 2. The van der Waals surface area contributed by atoms with Crippen LogP contribution in [0.2, 0.25) is 0 Å². The van der Waals surface area contributed by atoms with Gasteiger partial charge in [-0.25, -0.2) is 0 Å². The second kappa shape index (κ2) is 10.0. The Kier molecular flexibility index (Phi) is 6.48. The average molecular weight is 487 g/mol. The van der Waals surface area contributed by atoms with Crippen LogP contribution in [-0.2, 0) is 9.59 Å². The first kappa shape index (κ1) is 23.3. The lowest BCUT2D eigenvalue weighted by Gasteiger charge is -2.17. The summed E-state index contributed by atoms with van der Waals surface area (Å²) in [5, 5.41) is 15.7. The van der Waals surface area contributed by atoms with Gasteiger partial charge < -0.3 is 19.7 Å². The number of hydrogen-bond acceptors (Lipinski definition) is 7. The molecule has 1 aliphatic rings. The maximum Gasteiger partial charge on any atom is 0.231 e. The zero-order valence-electron chi connectivity index (χ0n) is 20.0. The normalized spacial score (nSPS) is 15.3. The van der Waals surface area contributed by atoms with Crippen LogP contribution in [0.15, 0.2) is 60.7 Å². The van der Waals surface area contributed by atoms with Crippen molar-refractivity contribution in [3.8, 4) is 23.0 Å². The Morgan fingerprint density at radius 1 is 1.06 bits per heavy atom. The quantitative estimate of drug-likeness (QED) is 0.381. The summed E-state index contributed by atoms with van der Waals surface area (Å²) in [5.74, 6) is 1.11. The van der Waals surface area contributed by atoms with E-state index in [4.69, 9.17) is 9.47 Å². The summed E-state index contributed by atoms with van der Waals surface area (Å²) < 4.78 is 12.6. The van der Waals surface area contributed by atoms with Crippen LogP contribution >= 0.6 is 0 Å². The number of methoxy groups -OCH3 is 1. The van der Waals surface area contributed by atoms with Gasteiger partial charge in [0.2, 0.25) is 17.7 Å². The number of aryl methyl sites for hydroxylation is 1. The third-order valence-electron chi connectivity index (χ3n) is 6.08. The minimum absolute atomic E-state index is 0.0469. The fourth-order valence-corrected chi connectivity index (χ4v) is 4.10. The molecule has 1 unspecified atom stereocenters. The van der Waals surface area contributed by atoms with Gasteiger partial charge in [0.05, 0.1) is 19.6 Å². The van der Waals surface area contributed by atoms with Gasteiger partial charge in [0, 0.05) is 30.3 Å². The summed E-state index contributed by atoms with van der Waals surface area (Å²) in [7, 11) is 1.61. The first-order chi connectivity index (χ1) is 17.5. The van der Waals surface area contributed by atoms with E-state index in [1.807, 2.05) is 55.5 Å². The summed E-state index contributed by atoms with van der Waals surface area (Å²) in [4.78, 5) is 26.7. The fourth-order valence-electron chi connectivity index (χ4n) is 4.10. The molecule has 184 valence electrons. The molecule has 4 aromatic rings. The Labute approximate surface area is 207 Å². The van der Waals surface area contributed by atoms with E-state index in [0.717, 1.165) is 22.6 Å². The number of amides is 2. The van der Waals surface area contributed by atoms with Gasteiger partial charge in [0.15, 0.2) is 11.5 Å². The number of rotatable bonds is 8. The number of aromatic nitrogens is 4. The average Bonchev–Trinajstić information content (AvgIpc) is 3.50. The monoisotopic (exact) mass is 486 g/mol. The standard InChI is InChI=1S/C26H26N6O4/c1-17-3-7-20(8-4-17)31-16-19(15-24(31)33)26(34)27-13-14-36-23-12-11-22-28-29-25(32(22)30-23)18-5-9-21(35-2)10-6-18/h3-12,19H,13-16H2,1-2H3,(H,27,34). The molecule has 2 amide bonds. The summed E-state index contributed by atoms with van der Waals surface area (Å²) in [5.41, 5.74) is 3.36. The van der Waals surface area contributed by atoms with Gasteiger partial charge in [-0.2, -0.15) is 4.52 Å². The number of hydrogen-bond donors (Lipinski definition) is 1. The lowest BCUT2D eigenvalue weighted by Crippen LogP contribution is -2.35. The molecule has 1 aliphatic heterocycles. The Bertz CT molecular complexity index is 1380. The predicted molar refractivity (Wildman–Crippen MR) is 133 cm³/mol. The van der Waals surface area contributed by atoms with Crippen molar-refractivity contribution in [2.75, 3.05) is 31.7 Å². The molecule has 3 heterocycles. The molecule has 0 bridgehead atoms. The summed E-state index contributed by atoms with van der Waals surface area (Å²) in [6, 6.07) is 18.7. The molecule has 1 fully saturated rings. The van der Waals surface area contributed by atoms with Crippen molar-refractivity contribution in [3.05, 3.63) is 66.2 Å². The van der Waals surface area contributed by atoms with Crippen LogP contribution in [0.4, 0.5) is 5.69 Å². The van der Waals surface area contributed by atoms with E-state index in [9.17, 15) is 9.59 Å². The third kappa shape index (κ3) is 4.83. The third-order valence-corrected chi connectivity index (χ3v) is 6.08. The number of fused-ring (bicyclic) bond motifs is 1. The Morgan fingerprint density at radius 2 is 1.83 bits per heavy atom. The SMILES string of the molecule is COc1ccc(-c2nnc3ccc(OCCNC(=O)C4CC(=O)N(c5ccc(C)cc5)C4)nn23)cc1. The number of carbonyl (C=O) groups is 2. The molecule has 36 heavy (non-hydrogen) atoms. The van der Waals surface area contributed by atoms with Crippen molar-refractivity contribution in [2.24, 2.45) is 5.92 Å². The summed E-state index contributed by atoms with van der Waals surface area (Å²) >= 11 is 0. The zero-order valence-corrected chi connectivity index (χ0v) is 20.0. The van der Waals surface area contributed by atoms with Gasteiger partial charge in [0.1, 0.15) is 12.4 Å². The predicted octanol–water partition coefficient (Wildman–Crippen LogP) is 2.66. The van der Waals surface area contributed by atoms with E-state index >= 15 is 0 Å². The largest absolute Gasteiger partial charge is 0.497 e. The van der Waals surface area contributed by atoms with Crippen LogP contribution < -0.4 is 19.7 Å². The number of anilines is 1. The van der Waals surface area contributed by atoms with Crippen LogP contribution in [0.5, 0.6) is 11.6 Å². The van der Waals surface area contributed by atoms with Gasteiger partial charge >= 0.3 is 0 Å². The molecule has 1 saturated heterocycles. The topological polar surface area (TPSA) is 111 Å². The van der Waals surface area contributed by atoms with Gasteiger partial charge in [-0.1, -0.05) is 17.7 Å². The van der Waals surface area contributed by atoms with E-state index in [1.165, 1.54) is 0 Å². The Morgan fingerprint density at radius 3 is 2.58 bits per heavy atom. The van der Waals surface area contributed by atoms with Gasteiger partial charge in [0.25, 0.3) is 0 Å². The Balaban J connectivity index is 1.15. The van der Waals surface area contributed by atoms with Crippen molar-refractivity contribution in [1.82, 2.24) is 25.1 Å². The van der Waals surface area contributed by atoms with E-state index < -0.39 is 5.92 Å². The lowest BCUT2D eigenvalue weighted by atomic mass is 10.1. The van der Waals surface area contributed by atoms with Crippen molar-refractivity contribution in [2.45, 2.75) is 13.3 Å². The second-order valence-corrected chi connectivity index (χ2v) is 8.57. The van der Waals surface area contributed by atoms with Crippen LogP contribution in [0.3, 0.4) is 0 Å². The van der Waals surface area contributed by atoms with E-state index in [1.54, 1.807) is 28.7 Å². The zero-order chi connectivity index (χ0) is 25.1. The smallest absolute Gasteiger partial charge is 0.231 e. The molecule has 0 spiro atoms. The molecule has 5 rings (SSSR count). The highest BCUT2D eigenvalue weighted by Gasteiger charge is 2.34. The minimum Gasteiger partial charge on any atom is -0.497 e. The molecule has 0 saturated carbocycles. The number of nitrogens with zero attached hydrogens (tertiary/aromatic N) is 5.